The molecule has 2 aliphatic heterocycles. The van der Waals surface area contributed by atoms with Gasteiger partial charge < -0.3 is 15.2 Å². The van der Waals surface area contributed by atoms with E-state index in [1.807, 2.05) is 6.07 Å². The van der Waals surface area contributed by atoms with Crippen LogP contribution >= 0.6 is 0 Å². The van der Waals surface area contributed by atoms with Gasteiger partial charge in [-0.15, -0.1) is 0 Å². The van der Waals surface area contributed by atoms with Crippen LogP contribution in [0.3, 0.4) is 0 Å². The summed E-state index contributed by atoms with van der Waals surface area (Å²) >= 11 is 0. The normalized spacial score (nSPS) is 26.2. The minimum absolute atomic E-state index is 0.0180. The third-order valence-corrected chi connectivity index (χ3v) is 3.72. The predicted molar refractivity (Wildman–Crippen MR) is 70.1 cm³/mol. The lowest BCUT2D eigenvalue weighted by molar-refractivity contribution is -0.123. The summed E-state index contributed by atoms with van der Waals surface area (Å²) in [7, 11) is 0. The molecule has 0 aliphatic carbocycles. The van der Waals surface area contributed by atoms with E-state index in [-0.39, 0.29) is 23.7 Å². The van der Waals surface area contributed by atoms with Gasteiger partial charge in [-0.1, -0.05) is 0 Å². The summed E-state index contributed by atoms with van der Waals surface area (Å²) in [6.45, 7) is 1.27. The highest BCUT2D eigenvalue weighted by Gasteiger charge is 2.29. The summed E-state index contributed by atoms with van der Waals surface area (Å²) in [6.07, 6.45) is 2.94. The standard InChI is InChI=1S/C14H18N2O3/c17-9-4-5-10-12(8-19-13(10)7-9)16-11-3-1-2-6-15-14(11)18/h4-5,7,11-12,16-17H,1-3,6,8H2,(H,15,18). The molecule has 1 aromatic rings. The number of hydrogen-bond acceptors (Lipinski definition) is 4. The van der Waals surface area contributed by atoms with Crippen LogP contribution in [0.15, 0.2) is 18.2 Å². The molecule has 2 unspecified atom stereocenters. The molecule has 2 aliphatic rings. The summed E-state index contributed by atoms with van der Waals surface area (Å²) in [6, 6.07) is 4.98. The van der Waals surface area contributed by atoms with E-state index in [4.69, 9.17) is 4.74 Å². The monoisotopic (exact) mass is 262 g/mol. The first-order valence-corrected chi connectivity index (χ1v) is 6.73. The lowest BCUT2D eigenvalue weighted by atomic mass is 10.1. The molecule has 102 valence electrons. The molecule has 0 radical (unpaired) electrons. The number of carbonyl (C=O) groups is 1. The van der Waals surface area contributed by atoms with Crippen molar-refractivity contribution in [3.63, 3.8) is 0 Å². The van der Waals surface area contributed by atoms with E-state index < -0.39 is 0 Å². The summed E-state index contributed by atoms with van der Waals surface area (Å²) in [4.78, 5) is 11.9. The molecule has 3 N–H and O–H groups in total. The van der Waals surface area contributed by atoms with Crippen molar-refractivity contribution in [2.75, 3.05) is 13.2 Å². The number of nitrogens with one attached hydrogen (secondary N) is 2. The zero-order valence-corrected chi connectivity index (χ0v) is 10.7. The zero-order valence-electron chi connectivity index (χ0n) is 10.7. The molecule has 5 nitrogen and oxygen atoms in total. The Bertz CT molecular complexity index is 490. The molecule has 19 heavy (non-hydrogen) atoms. The van der Waals surface area contributed by atoms with Crippen LogP contribution in [-0.2, 0) is 4.79 Å². The van der Waals surface area contributed by atoms with Gasteiger partial charge in [0.05, 0.1) is 12.1 Å². The minimum atomic E-state index is -0.157. The first kappa shape index (κ1) is 12.3. The maximum Gasteiger partial charge on any atom is 0.237 e. The highest BCUT2D eigenvalue weighted by Crippen LogP contribution is 2.35. The van der Waals surface area contributed by atoms with Crippen LogP contribution in [0.2, 0.25) is 0 Å². The number of fused-ring (bicyclic) bond motifs is 1. The van der Waals surface area contributed by atoms with Crippen molar-refractivity contribution in [3.8, 4) is 11.5 Å². The Kier molecular flexibility index (Phi) is 3.29. The van der Waals surface area contributed by atoms with Gasteiger partial charge in [-0.05, 0) is 31.4 Å². The second-order valence-electron chi connectivity index (χ2n) is 5.09. The molecule has 1 aromatic carbocycles. The van der Waals surface area contributed by atoms with Crippen LogP contribution in [0.1, 0.15) is 30.9 Å². The second-order valence-corrected chi connectivity index (χ2v) is 5.09. The number of phenolic OH excluding ortho intramolecular Hbond substituents is 1. The maximum absolute atomic E-state index is 11.9. The van der Waals surface area contributed by atoms with Crippen molar-refractivity contribution >= 4 is 5.91 Å². The van der Waals surface area contributed by atoms with Crippen LogP contribution in [0.5, 0.6) is 11.5 Å². The Labute approximate surface area is 112 Å². The average Bonchev–Trinajstić information content (AvgIpc) is 2.67. The number of rotatable bonds is 2. The molecule has 3 rings (SSSR count). The Morgan fingerprint density at radius 2 is 2.21 bits per heavy atom. The number of carbonyl (C=O) groups excluding carboxylic acids is 1. The molecule has 0 spiro atoms. The van der Waals surface area contributed by atoms with Gasteiger partial charge in [0.15, 0.2) is 0 Å². The second kappa shape index (κ2) is 5.09. The van der Waals surface area contributed by atoms with Crippen LogP contribution < -0.4 is 15.4 Å². The number of hydrogen-bond donors (Lipinski definition) is 3. The van der Waals surface area contributed by atoms with Crippen molar-refractivity contribution in [2.24, 2.45) is 0 Å². The van der Waals surface area contributed by atoms with Crippen LogP contribution in [0.25, 0.3) is 0 Å². The van der Waals surface area contributed by atoms with Gasteiger partial charge >= 0.3 is 0 Å². The third-order valence-electron chi connectivity index (χ3n) is 3.72. The number of phenols is 1. The fraction of sp³-hybridized carbons (Fsp3) is 0.500. The molecule has 2 atom stereocenters. The van der Waals surface area contributed by atoms with Crippen molar-refractivity contribution in [1.82, 2.24) is 10.6 Å². The molecule has 0 saturated carbocycles. The fourth-order valence-electron chi connectivity index (χ4n) is 2.68. The fourth-order valence-corrected chi connectivity index (χ4v) is 2.68. The van der Waals surface area contributed by atoms with Crippen LogP contribution in [-0.4, -0.2) is 30.2 Å². The molecular weight excluding hydrogens is 244 g/mol. The van der Waals surface area contributed by atoms with E-state index >= 15 is 0 Å². The number of benzene rings is 1. The SMILES string of the molecule is O=C1NCCCCC1NC1COc2cc(O)ccc21. The van der Waals surface area contributed by atoms with E-state index in [2.05, 4.69) is 10.6 Å². The van der Waals surface area contributed by atoms with Gasteiger partial charge in [0.25, 0.3) is 0 Å². The van der Waals surface area contributed by atoms with Gasteiger partial charge in [0.2, 0.25) is 5.91 Å². The Morgan fingerprint density at radius 3 is 3.11 bits per heavy atom. The zero-order chi connectivity index (χ0) is 13.2. The molecule has 1 amide bonds. The van der Waals surface area contributed by atoms with E-state index in [9.17, 15) is 9.90 Å². The largest absolute Gasteiger partial charge is 0.508 e. The minimum Gasteiger partial charge on any atom is -0.508 e. The highest BCUT2D eigenvalue weighted by atomic mass is 16.5. The smallest absolute Gasteiger partial charge is 0.237 e. The molecule has 2 heterocycles. The van der Waals surface area contributed by atoms with Gasteiger partial charge in [-0.3, -0.25) is 10.1 Å². The van der Waals surface area contributed by atoms with E-state index in [1.54, 1.807) is 12.1 Å². The van der Waals surface area contributed by atoms with Gasteiger partial charge in [0.1, 0.15) is 18.1 Å². The van der Waals surface area contributed by atoms with Crippen molar-refractivity contribution < 1.29 is 14.6 Å². The van der Waals surface area contributed by atoms with Gasteiger partial charge in [-0.25, -0.2) is 0 Å². The van der Waals surface area contributed by atoms with Crippen LogP contribution in [0, 0.1) is 0 Å². The summed E-state index contributed by atoms with van der Waals surface area (Å²) in [5, 5.41) is 15.7. The van der Waals surface area contributed by atoms with Crippen molar-refractivity contribution in [3.05, 3.63) is 23.8 Å². The molecule has 1 saturated heterocycles. The van der Waals surface area contributed by atoms with Crippen molar-refractivity contribution in [1.29, 1.82) is 0 Å². The maximum atomic E-state index is 11.9. The first-order chi connectivity index (χ1) is 9.24. The topological polar surface area (TPSA) is 70.6 Å². The predicted octanol–water partition coefficient (Wildman–Crippen LogP) is 1.08. The molecule has 1 fully saturated rings. The summed E-state index contributed by atoms with van der Waals surface area (Å²) < 4.78 is 5.55. The van der Waals surface area contributed by atoms with Gasteiger partial charge in [0, 0.05) is 18.2 Å². The number of aromatic hydroxyl groups is 1. The Hall–Kier alpha value is -1.75. The van der Waals surface area contributed by atoms with E-state index in [1.165, 1.54) is 0 Å². The molecule has 5 heteroatoms. The number of amides is 1. The number of ether oxygens (including phenoxy) is 1. The van der Waals surface area contributed by atoms with Crippen LogP contribution in [0.4, 0.5) is 0 Å². The summed E-state index contributed by atoms with van der Waals surface area (Å²) in [5.74, 6) is 0.975. The third kappa shape index (κ3) is 2.51. The van der Waals surface area contributed by atoms with Gasteiger partial charge in [-0.2, -0.15) is 0 Å². The summed E-state index contributed by atoms with van der Waals surface area (Å²) in [5.41, 5.74) is 1.01. The van der Waals surface area contributed by atoms with Crippen molar-refractivity contribution in [2.45, 2.75) is 31.3 Å². The highest BCUT2D eigenvalue weighted by molar-refractivity contribution is 5.82. The molecule has 0 bridgehead atoms. The lowest BCUT2D eigenvalue weighted by Crippen LogP contribution is -2.44. The molecule has 0 aromatic heterocycles. The average molecular weight is 262 g/mol. The van der Waals surface area contributed by atoms with E-state index in [0.29, 0.717) is 12.4 Å². The quantitative estimate of drug-likeness (QED) is 0.746. The lowest BCUT2D eigenvalue weighted by Gasteiger charge is -2.19. The Morgan fingerprint density at radius 1 is 1.32 bits per heavy atom. The van der Waals surface area contributed by atoms with E-state index in [0.717, 1.165) is 31.4 Å². The Balaban J connectivity index is 1.73. The first-order valence-electron chi connectivity index (χ1n) is 6.73. The molecular formula is C14H18N2O3.